The molecule has 0 aliphatic rings. The van der Waals surface area contributed by atoms with Crippen molar-refractivity contribution in [3.05, 3.63) is 84.4 Å². The summed E-state index contributed by atoms with van der Waals surface area (Å²) in [6.45, 7) is 1.69. The number of thiocarbonyl (C=S) groups is 1. The first kappa shape index (κ1) is 23.8. The fourth-order valence-electron chi connectivity index (χ4n) is 3.36. The van der Waals surface area contributed by atoms with Gasteiger partial charge in [-0.1, -0.05) is 48.5 Å². The topological polar surface area (TPSA) is 102 Å². The first-order valence-corrected chi connectivity index (χ1v) is 11.3. The molecular weight excluding hydrogens is 466 g/mol. The maximum absolute atomic E-state index is 12.8. The maximum atomic E-state index is 12.8. The summed E-state index contributed by atoms with van der Waals surface area (Å²) in [5.74, 6) is -0.130. The van der Waals surface area contributed by atoms with E-state index in [2.05, 4.69) is 16.2 Å². The summed E-state index contributed by atoms with van der Waals surface area (Å²) in [5.41, 5.74) is 7.44. The Morgan fingerprint density at radius 3 is 2.37 bits per heavy atom. The number of anilines is 1. The van der Waals surface area contributed by atoms with Crippen molar-refractivity contribution in [3.8, 4) is 17.1 Å². The Morgan fingerprint density at radius 2 is 1.66 bits per heavy atom. The third-order valence-electron chi connectivity index (χ3n) is 4.89. The monoisotopic (exact) mass is 489 g/mol. The highest BCUT2D eigenvalue weighted by molar-refractivity contribution is 7.80. The molecule has 0 saturated carbocycles. The minimum Gasteiger partial charge on any atom is -0.484 e. The number of hydrogen-bond donors (Lipinski definition) is 3. The Balaban J connectivity index is 1.44. The molecule has 8 nitrogen and oxygen atoms in total. The predicted molar refractivity (Wildman–Crippen MR) is 137 cm³/mol. The van der Waals surface area contributed by atoms with Crippen LogP contribution in [-0.4, -0.2) is 30.2 Å². The molecule has 4 rings (SSSR count). The van der Waals surface area contributed by atoms with Crippen LogP contribution in [0.2, 0.25) is 0 Å². The molecule has 9 heteroatoms. The van der Waals surface area contributed by atoms with Crippen molar-refractivity contribution in [2.24, 2.45) is 0 Å². The van der Waals surface area contributed by atoms with Crippen molar-refractivity contribution in [3.63, 3.8) is 0 Å². The van der Waals surface area contributed by atoms with Gasteiger partial charge in [-0.15, -0.1) is 0 Å². The van der Waals surface area contributed by atoms with E-state index in [0.717, 1.165) is 11.3 Å². The van der Waals surface area contributed by atoms with Gasteiger partial charge in [0.1, 0.15) is 22.7 Å². The van der Waals surface area contributed by atoms with Crippen LogP contribution in [0, 0.1) is 0 Å². The fraction of sp³-hybridized carbons (Fsp3) is 0.115. The van der Waals surface area contributed by atoms with Crippen molar-refractivity contribution >= 4 is 45.9 Å². The van der Waals surface area contributed by atoms with E-state index in [0.29, 0.717) is 28.0 Å². The number of nitrogens with one attached hydrogen (secondary N) is 3. The number of benzene rings is 3. The molecule has 1 amide bonds. The van der Waals surface area contributed by atoms with Gasteiger partial charge in [0.15, 0.2) is 11.7 Å². The molecule has 0 aliphatic carbocycles. The summed E-state index contributed by atoms with van der Waals surface area (Å²) < 4.78 is 16.9. The van der Waals surface area contributed by atoms with Gasteiger partial charge in [-0.05, 0) is 49.5 Å². The molecule has 178 valence electrons. The van der Waals surface area contributed by atoms with Crippen LogP contribution in [0.3, 0.4) is 0 Å². The molecule has 3 N–H and O–H groups in total. The van der Waals surface area contributed by atoms with E-state index in [4.69, 9.17) is 26.1 Å². The number of hydrazine groups is 1. The molecule has 3 aromatic carbocycles. The van der Waals surface area contributed by atoms with Gasteiger partial charge < -0.3 is 19.2 Å². The predicted octanol–water partition coefficient (Wildman–Crippen LogP) is 4.67. The molecule has 0 fully saturated rings. The highest BCUT2D eigenvalue weighted by Gasteiger charge is 2.23. The zero-order valence-electron chi connectivity index (χ0n) is 18.9. The van der Waals surface area contributed by atoms with E-state index in [-0.39, 0.29) is 18.3 Å². The van der Waals surface area contributed by atoms with E-state index in [1.807, 2.05) is 60.7 Å². The first-order chi connectivity index (χ1) is 17.0. The number of furan rings is 1. The van der Waals surface area contributed by atoms with E-state index in [1.165, 1.54) is 0 Å². The van der Waals surface area contributed by atoms with Gasteiger partial charge >= 0.3 is 5.97 Å². The van der Waals surface area contributed by atoms with Gasteiger partial charge in [-0.2, -0.15) is 0 Å². The van der Waals surface area contributed by atoms with Crippen LogP contribution in [0.15, 0.2) is 83.3 Å². The van der Waals surface area contributed by atoms with Crippen LogP contribution in [-0.2, 0) is 9.53 Å². The second kappa shape index (κ2) is 11.2. The average Bonchev–Trinajstić information content (AvgIpc) is 3.26. The lowest BCUT2D eigenvalue weighted by Crippen LogP contribution is -2.45. The zero-order chi connectivity index (χ0) is 24.6. The van der Waals surface area contributed by atoms with Crippen molar-refractivity contribution < 1.29 is 23.5 Å². The Morgan fingerprint density at radius 1 is 0.943 bits per heavy atom. The molecule has 0 spiro atoms. The van der Waals surface area contributed by atoms with E-state index < -0.39 is 11.9 Å². The normalized spacial score (nSPS) is 10.4. The second-order valence-electron chi connectivity index (χ2n) is 7.33. The third-order valence-corrected chi connectivity index (χ3v) is 5.10. The summed E-state index contributed by atoms with van der Waals surface area (Å²) in [7, 11) is 0. The number of hydrogen-bond acceptors (Lipinski definition) is 6. The number of esters is 1. The second-order valence-corrected chi connectivity index (χ2v) is 7.74. The van der Waals surface area contributed by atoms with Gasteiger partial charge in [0.25, 0.3) is 5.91 Å². The summed E-state index contributed by atoms with van der Waals surface area (Å²) in [6.07, 6.45) is 0. The van der Waals surface area contributed by atoms with E-state index >= 15 is 0 Å². The molecule has 0 radical (unpaired) electrons. The maximum Gasteiger partial charge on any atom is 0.342 e. The molecule has 0 bridgehead atoms. The Kier molecular flexibility index (Phi) is 7.59. The number of rotatable bonds is 7. The third kappa shape index (κ3) is 5.96. The SMILES string of the molecule is CCOC(=O)c1c(-c2ccccc2)oc2ccc(OCC(=O)NNC(=S)Nc3ccccc3)cc12. The number of amides is 1. The lowest BCUT2D eigenvalue weighted by Gasteiger charge is -2.12. The van der Waals surface area contributed by atoms with E-state index in [9.17, 15) is 9.59 Å². The molecule has 1 heterocycles. The van der Waals surface area contributed by atoms with Crippen molar-refractivity contribution in [1.82, 2.24) is 10.9 Å². The van der Waals surface area contributed by atoms with Gasteiger partial charge in [0, 0.05) is 16.6 Å². The summed E-state index contributed by atoms with van der Waals surface area (Å²) >= 11 is 5.16. The van der Waals surface area contributed by atoms with Crippen LogP contribution in [0.4, 0.5) is 5.69 Å². The molecular formula is C26H23N3O5S. The van der Waals surface area contributed by atoms with Crippen LogP contribution in [0.25, 0.3) is 22.3 Å². The Hall–Kier alpha value is -4.37. The fourth-order valence-corrected chi connectivity index (χ4v) is 3.53. The van der Waals surface area contributed by atoms with Crippen molar-refractivity contribution in [2.45, 2.75) is 6.92 Å². The molecule has 0 atom stereocenters. The highest BCUT2D eigenvalue weighted by Crippen LogP contribution is 2.36. The Labute approximate surface area is 207 Å². The molecule has 1 aromatic heterocycles. The van der Waals surface area contributed by atoms with Crippen molar-refractivity contribution in [1.29, 1.82) is 0 Å². The van der Waals surface area contributed by atoms with Gasteiger partial charge in [-0.25, -0.2) is 4.79 Å². The largest absolute Gasteiger partial charge is 0.484 e. The quantitative estimate of drug-likeness (QED) is 0.196. The average molecular weight is 490 g/mol. The van der Waals surface area contributed by atoms with Crippen LogP contribution < -0.4 is 20.9 Å². The molecule has 0 unspecified atom stereocenters. The molecule has 0 saturated heterocycles. The number of ether oxygens (including phenoxy) is 2. The van der Waals surface area contributed by atoms with E-state index in [1.54, 1.807) is 25.1 Å². The summed E-state index contributed by atoms with van der Waals surface area (Å²) in [4.78, 5) is 25.0. The van der Waals surface area contributed by atoms with Gasteiger partial charge in [-0.3, -0.25) is 15.6 Å². The van der Waals surface area contributed by atoms with Crippen LogP contribution in [0.1, 0.15) is 17.3 Å². The summed E-state index contributed by atoms with van der Waals surface area (Å²) in [6, 6.07) is 23.6. The first-order valence-electron chi connectivity index (χ1n) is 10.9. The minimum atomic E-state index is -0.497. The standard InChI is InChI=1S/C26H23N3O5S/c1-2-32-25(31)23-20-15-19(13-14-21(20)34-24(23)17-9-5-3-6-10-17)33-16-22(30)28-29-26(35)27-18-11-7-4-8-12-18/h3-15H,2,16H2,1H3,(H,28,30)(H2,27,29,35). The van der Waals surface area contributed by atoms with Crippen LogP contribution in [0.5, 0.6) is 5.75 Å². The number of fused-ring (bicyclic) bond motifs is 1. The Bertz CT molecular complexity index is 1340. The lowest BCUT2D eigenvalue weighted by atomic mass is 10.1. The van der Waals surface area contributed by atoms with Crippen molar-refractivity contribution in [2.75, 3.05) is 18.5 Å². The molecule has 4 aromatic rings. The van der Waals surface area contributed by atoms with Gasteiger partial charge in [0.05, 0.1) is 6.61 Å². The zero-order valence-corrected chi connectivity index (χ0v) is 19.7. The van der Waals surface area contributed by atoms with Gasteiger partial charge in [0.2, 0.25) is 0 Å². The van der Waals surface area contributed by atoms with Crippen LogP contribution >= 0.6 is 12.2 Å². The molecule has 0 aliphatic heterocycles. The lowest BCUT2D eigenvalue weighted by molar-refractivity contribution is -0.123. The number of carbonyl (C=O) groups excluding carboxylic acids is 2. The smallest absolute Gasteiger partial charge is 0.342 e. The highest BCUT2D eigenvalue weighted by atomic mass is 32.1. The molecule has 35 heavy (non-hydrogen) atoms. The number of para-hydroxylation sites is 1. The minimum absolute atomic E-state index is 0.226. The number of carbonyl (C=O) groups is 2. The summed E-state index contributed by atoms with van der Waals surface area (Å²) in [5, 5.41) is 3.71.